The van der Waals surface area contributed by atoms with Crippen LogP contribution in [0.2, 0.25) is 0 Å². The number of amides is 1. The van der Waals surface area contributed by atoms with Crippen molar-refractivity contribution in [1.82, 2.24) is 4.57 Å². The zero-order valence-corrected chi connectivity index (χ0v) is 15.2. The molecule has 0 saturated carbocycles. The first-order chi connectivity index (χ1) is 12.6. The van der Waals surface area contributed by atoms with Crippen molar-refractivity contribution in [2.45, 2.75) is 39.3 Å². The molecule has 134 valence electrons. The number of ether oxygens (including phenoxy) is 1. The van der Waals surface area contributed by atoms with Crippen LogP contribution in [-0.4, -0.2) is 23.2 Å². The summed E-state index contributed by atoms with van der Waals surface area (Å²) in [4.78, 5) is 12.4. The lowest BCUT2D eigenvalue weighted by molar-refractivity contribution is -0.112. The van der Waals surface area contributed by atoms with Crippen LogP contribution in [0.5, 0.6) is 0 Å². The van der Waals surface area contributed by atoms with Crippen molar-refractivity contribution in [3.05, 3.63) is 58.9 Å². The van der Waals surface area contributed by atoms with E-state index < -0.39 is 5.91 Å². The topological polar surface area (TPSA) is 67.0 Å². The fraction of sp³-hybridized carbons (Fsp3) is 0.333. The van der Waals surface area contributed by atoms with E-state index >= 15 is 0 Å². The molecule has 3 rings (SSSR count). The Bertz CT molecular complexity index is 853. The molecule has 1 saturated heterocycles. The number of aryl methyl sites for hydroxylation is 1. The summed E-state index contributed by atoms with van der Waals surface area (Å²) in [6, 6.07) is 13.2. The molecule has 1 N–H and O–H groups in total. The summed E-state index contributed by atoms with van der Waals surface area (Å²) in [5.41, 5.74) is 3.79. The van der Waals surface area contributed by atoms with E-state index in [1.54, 1.807) is 18.2 Å². The lowest BCUT2D eigenvalue weighted by Gasteiger charge is -2.14. The van der Waals surface area contributed by atoms with Crippen LogP contribution in [0, 0.1) is 25.2 Å². The molecule has 1 aromatic carbocycles. The van der Waals surface area contributed by atoms with E-state index in [-0.39, 0.29) is 11.7 Å². The number of anilines is 1. The van der Waals surface area contributed by atoms with Crippen LogP contribution >= 0.6 is 0 Å². The maximum atomic E-state index is 12.4. The van der Waals surface area contributed by atoms with Gasteiger partial charge < -0.3 is 14.6 Å². The molecule has 1 amide bonds. The number of nitrogens with one attached hydrogen (secondary N) is 1. The molecule has 2 aromatic rings. The van der Waals surface area contributed by atoms with Gasteiger partial charge in [-0.15, -0.1) is 0 Å². The van der Waals surface area contributed by atoms with E-state index in [1.165, 1.54) is 0 Å². The van der Waals surface area contributed by atoms with Crippen LogP contribution in [0.15, 0.2) is 42.0 Å². The standard InChI is InChI=1S/C21H23N3O2/c1-15-11-17(16(2)24(15)14-20-9-6-10-26-20)12-18(13-22)21(25)23-19-7-4-3-5-8-19/h3-5,7-8,11-12,20H,6,9-10,14H2,1-2H3,(H,23,25)/b18-12+/t20-/m1/s1. The summed E-state index contributed by atoms with van der Waals surface area (Å²) >= 11 is 0. The van der Waals surface area contributed by atoms with E-state index in [0.29, 0.717) is 5.69 Å². The fourth-order valence-corrected chi connectivity index (χ4v) is 3.27. The Hall–Kier alpha value is -2.84. The fourth-order valence-electron chi connectivity index (χ4n) is 3.27. The molecule has 1 atom stereocenters. The Labute approximate surface area is 153 Å². The highest BCUT2D eigenvalue weighted by atomic mass is 16.5. The van der Waals surface area contributed by atoms with Crippen LogP contribution in [0.4, 0.5) is 5.69 Å². The Morgan fingerprint density at radius 2 is 2.15 bits per heavy atom. The van der Waals surface area contributed by atoms with E-state index in [0.717, 1.165) is 42.9 Å². The molecule has 1 aliphatic heterocycles. The van der Waals surface area contributed by atoms with Crippen molar-refractivity contribution >= 4 is 17.7 Å². The van der Waals surface area contributed by atoms with Crippen LogP contribution in [-0.2, 0) is 16.1 Å². The predicted molar refractivity (Wildman–Crippen MR) is 102 cm³/mol. The molecule has 0 aliphatic carbocycles. The molecule has 1 fully saturated rings. The molecule has 26 heavy (non-hydrogen) atoms. The second kappa shape index (κ2) is 8.03. The van der Waals surface area contributed by atoms with Gasteiger partial charge in [0.25, 0.3) is 5.91 Å². The van der Waals surface area contributed by atoms with Crippen LogP contribution in [0.3, 0.4) is 0 Å². The maximum Gasteiger partial charge on any atom is 0.266 e. The Morgan fingerprint density at radius 3 is 2.81 bits per heavy atom. The number of nitrogens with zero attached hydrogens (tertiary/aromatic N) is 2. The van der Waals surface area contributed by atoms with Crippen molar-refractivity contribution in [2.75, 3.05) is 11.9 Å². The average molecular weight is 349 g/mol. The molecular weight excluding hydrogens is 326 g/mol. The van der Waals surface area contributed by atoms with Crippen molar-refractivity contribution < 1.29 is 9.53 Å². The largest absolute Gasteiger partial charge is 0.376 e. The summed E-state index contributed by atoms with van der Waals surface area (Å²) in [6.07, 6.45) is 4.08. The number of carbonyl (C=O) groups excluding carboxylic acids is 1. The molecule has 2 heterocycles. The molecule has 1 aliphatic rings. The predicted octanol–water partition coefficient (Wildman–Crippen LogP) is 3.83. The molecule has 1 aromatic heterocycles. The Balaban J connectivity index is 1.80. The van der Waals surface area contributed by atoms with Gasteiger partial charge in [-0.2, -0.15) is 5.26 Å². The minimum atomic E-state index is -0.400. The summed E-state index contributed by atoms with van der Waals surface area (Å²) in [7, 11) is 0. The van der Waals surface area contributed by atoms with Gasteiger partial charge in [-0.3, -0.25) is 4.79 Å². The summed E-state index contributed by atoms with van der Waals surface area (Å²) < 4.78 is 7.93. The average Bonchev–Trinajstić information content (AvgIpc) is 3.24. The summed E-state index contributed by atoms with van der Waals surface area (Å²) in [6.45, 7) is 5.69. The van der Waals surface area contributed by atoms with Gasteiger partial charge in [0, 0.05) is 30.2 Å². The van der Waals surface area contributed by atoms with Crippen molar-refractivity contribution in [3.8, 4) is 6.07 Å². The van der Waals surface area contributed by atoms with Crippen molar-refractivity contribution in [2.24, 2.45) is 0 Å². The molecule has 0 radical (unpaired) electrons. The highest BCUT2D eigenvalue weighted by molar-refractivity contribution is 6.09. The first-order valence-electron chi connectivity index (χ1n) is 8.85. The van der Waals surface area contributed by atoms with E-state index in [9.17, 15) is 10.1 Å². The third-order valence-electron chi connectivity index (χ3n) is 4.72. The van der Waals surface area contributed by atoms with Crippen molar-refractivity contribution in [3.63, 3.8) is 0 Å². The van der Waals surface area contributed by atoms with Gasteiger partial charge in [0.1, 0.15) is 11.6 Å². The van der Waals surface area contributed by atoms with Gasteiger partial charge in [0.15, 0.2) is 0 Å². The highest BCUT2D eigenvalue weighted by Gasteiger charge is 2.19. The van der Waals surface area contributed by atoms with Gasteiger partial charge in [-0.25, -0.2) is 0 Å². The zero-order chi connectivity index (χ0) is 18.5. The number of hydrogen-bond acceptors (Lipinski definition) is 3. The second-order valence-corrected chi connectivity index (χ2v) is 6.56. The number of para-hydroxylation sites is 1. The van der Waals surface area contributed by atoms with Crippen LogP contribution in [0.25, 0.3) is 6.08 Å². The van der Waals surface area contributed by atoms with Crippen molar-refractivity contribution in [1.29, 1.82) is 5.26 Å². The summed E-state index contributed by atoms with van der Waals surface area (Å²) in [5.74, 6) is -0.400. The molecular formula is C21H23N3O2. The highest BCUT2D eigenvalue weighted by Crippen LogP contribution is 2.22. The minimum Gasteiger partial charge on any atom is -0.376 e. The molecule has 5 heteroatoms. The lowest BCUT2D eigenvalue weighted by Crippen LogP contribution is -2.17. The maximum absolute atomic E-state index is 12.4. The number of nitriles is 1. The minimum absolute atomic E-state index is 0.0891. The first kappa shape index (κ1) is 18.0. The quantitative estimate of drug-likeness (QED) is 0.659. The van der Waals surface area contributed by atoms with Gasteiger partial charge in [-0.1, -0.05) is 18.2 Å². The number of rotatable bonds is 5. The number of aromatic nitrogens is 1. The Morgan fingerprint density at radius 1 is 1.38 bits per heavy atom. The monoisotopic (exact) mass is 349 g/mol. The molecule has 0 spiro atoms. The third kappa shape index (κ3) is 4.04. The van der Waals surface area contributed by atoms with Gasteiger partial charge in [0.05, 0.1) is 6.10 Å². The van der Waals surface area contributed by atoms with Crippen LogP contribution in [0.1, 0.15) is 29.8 Å². The van der Waals surface area contributed by atoms with Gasteiger partial charge >= 0.3 is 0 Å². The molecule has 0 bridgehead atoms. The molecule has 0 unspecified atom stereocenters. The van der Waals surface area contributed by atoms with Crippen LogP contribution < -0.4 is 5.32 Å². The van der Waals surface area contributed by atoms with E-state index in [1.807, 2.05) is 44.2 Å². The normalized spacial score (nSPS) is 17.1. The smallest absolute Gasteiger partial charge is 0.266 e. The number of hydrogen-bond donors (Lipinski definition) is 1. The lowest BCUT2D eigenvalue weighted by atomic mass is 10.1. The van der Waals surface area contributed by atoms with Gasteiger partial charge in [0.2, 0.25) is 0 Å². The van der Waals surface area contributed by atoms with E-state index in [4.69, 9.17) is 4.74 Å². The van der Waals surface area contributed by atoms with E-state index in [2.05, 4.69) is 9.88 Å². The number of carbonyl (C=O) groups is 1. The zero-order valence-electron chi connectivity index (χ0n) is 15.2. The Kier molecular flexibility index (Phi) is 5.55. The second-order valence-electron chi connectivity index (χ2n) is 6.56. The molecule has 5 nitrogen and oxygen atoms in total. The third-order valence-corrected chi connectivity index (χ3v) is 4.72. The number of benzene rings is 1. The SMILES string of the molecule is Cc1cc(/C=C(\C#N)C(=O)Nc2ccccc2)c(C)n1C[C@H]1CCCO1. The first-order valence-corrected chi connectivity index (χ1v) is 8.85. The summed E-state index contributed by atoms with van der Waals surface area (Å²) in [5, 5.41) is 12.2. The van der Waals surface area contributed by atoms with Gasteiger partial charge in [-0.05, 0) is 56.5 Å².